The molecule has 0 radical (unpaired) electrons. The Morgan fingerprint density at radius 2 is 2.46 bits per heavy atom. The van der Waals surface area contributed by atoms with E-state index in [1.54, 1.807) is 0 Å². The number of hydrogen-bond acceptors (Lipinski definition) is 4. The first-order valence-corrected chi connectivity index (χ1v) is 3.81. The molecule has 0 aromatic heterocycles. The number of azide groups is 1. The van der Waals surface area contributed by atoms with Crippen LogP contribution in [0.5, 0.6) is 0 Å². The maximum absolute atomic E-state index is 13.2. The van der Waals surface area contributed by atoms with Crippen LogP contribution in [0, 0.1) is 0 Å². The Balaban J connectivity index is 2.61. The molecule has 0 saturated carbocycles. The molecule has 1 fully saturated rings. The number of hydrogen-bond donors (Lipinski definition) is 1. The van der Waals surface area contributed by atoms with Crippen LogP contribution in [-0.2, 0) is 9.57 Å². The second-order valence-electron chi connectivity index (χ2n) is 2.75. The molecule has 4 atom stereocenters. The zero-order chi connectivity index (χ0) is 9.84. The molecule has 0 aromatic rings. The summed E-state index contributed by atoms with van der Waals surface area (Å²) in [7, 11) is 1.52. The van der Waals surface area contributed by atoms with Gasteiger partial charge in [-0.05, 0) is 5.53 Å². The Morgan fingerprint density at radius 1 is 1.77 bits per heavy atom. The third kappa shape index (κ3) is 2.03. The van der Waals surface area contributed by atoms with Crippen LogP contribution in [0.1, 0.15) is 0 Å². The highest BCUT2D eigenvalue weighted by Gasteiger charge is 2.43. The van der Waals surface area contributed by atoms with Crippen LogP contribution in [0.4, 0.5) is 4.39 Å². The topological polar surface area (TPSA) is 87.5 Å². The number of aliphatic hydroxyl groups is 1. The first-order valence-electron chi connectivity index (χ1n) is 3.81. The molecule has 72 valence electrons. The number of rotatable bonds is 3. The van der Waals surface area contributed by atoms with Crippen molar-refractivity contribution in [2.75, 3.05) is 6.61 Å². The number of nitrogens with zero attached hydrogens (tertiary/aromatic N) is 3. The average molecular weight is 189 g/mol. The molecule has 8 heteroatoms. The number of ether oxygens (including phenoxy) is 1. The number of alkyl halides is 1. The van der Waals surface area contributed by atoms with E-state index in [2.05, 4.69) is 15.0 Å². The van der Waals surface area contributed by atoms with Crippen LogP contribution in [0.2, 0.25) is 0 Å². The SMILES string of the molecule is B[C@@H]1OC(CO)C(ON=[N+]=[N-])[C@@H]1F. The zero-order valence-corrected chi connectivity index (χ0v) is 7.00. The Kier molecular flexibility index (Phi) is 3.35. The Hall–Kier alpha value is -0.975. The minimum Gasteiger partial charge on any atom is -0.424 e. The van der Waals surface area contributed by atoms with Crippen LogP contribution in [0.3, 0.4) is 0 Å². The highest BCUT2D eigenvalue weighted by molar-refractivity contribution is 6.11. The van der Waals surface area contributed by atoms with E-state index in [1.165, 1.54) is 7.85 Å². The Morgan fingerprint density at radius 3 is 3.00 bits per heavy atom. The first kappa shape index (κ1) is 10.1. The van der Waals surface area contributed by atoms with E-state index >= 15 is 0 Å². The van der Waals surface area contributed by atoms with E-state index in [-0.39, 0.29) is 6.61 Å². The molecule has 1 rings (SSSR count). The molecule has 0 amide bonds. The summed E-state index contributed by atoms with van der Waals surface area (Å²) < 4.78 is 18.2. The molecule has 1 N–H and O–H groups in total. The standard InChI is InChI=1S/C5H9BFN3O3/c6-5-3(7)4(13-10-9-8)2(1-11)12-5/h2-5,11H,1,6H2/t2?,3-,4?,5+/m0/s1. The van der Waals surface area contributed by atoms with E-state index in [4.69, 9.17) is 15.4 Å². The van der Waals surface area contributed by atoms with Crippen LogP contribution >= 0.6 is 0 Å². The van der Waals surface area contributed by atoms with Gasteiger partial charge >= 0.3 is 0 Å². The molecule has 0 aromatic carbocycles. The van der Waals surface area contributed by atoms with E-state index < -0.39 is 24.4 Å². The molecule has 1 saturated heterocycles. The fourth-order valence-corrected chi connectivity index (χ4v) is 1.25. The van der Waals surface area contributed by atoms with Gasteiger partial charge in [-0.3, -0.25) is 0 Å². The van der Waals surface area contributed by atoms with E-state index in [0.717, 1.165) is 0 Å². The maximum atomic E-state index is 13.2. The van der Waals surface area contributed by atoms with Gasteiger partial charge in [-0.2, -0.15) is 0 Å². The van der Waals surface area contributed by atoms with E-state index in [0.29, 0.717) is 0 Å². The summed E-state index contributed by atoms with van der Waals surface area (Å²) in [6.45, 7) is -0.365. The third-order valence-corrected chi connectivity index (χ3v) is 1.90. The number of halogens is 1. The van der Waals surface area contributed by atoms with Crippen molar-refractivity contribution >= 4 is 7.85 Å². The molecular weight excluding hydrogens is 180 g/mol. The van der Waals surface area contributed by atoms with Crippen LogP contribution < -0.4 is 0 Å². The van der Waals surface area contributed by atoms with Crippen molar-refractivity contribution in [3.05, 3.63) is 10.4 Å². The minimum atomic E-state index is -1.39. The van der Waals surface area contributed by atoms with Crippen molar-refractivity contribution in [3.63, 3.8) is 0 Å². The van der Waals surface area contributed by atoms with Crippen molar-refractivity contribution in [1.29, 1.82) is 0 Å². The molecule has 6 nitrogen and oxygen atoms in total. The third-order valence-electron chi connectivity index (χ3n) is 1.90. The zero-order valence-electron chi connectivity index (χ0n) is 7.00. The van der Waals surface area contributed by atoms with Gasteiger partial charge in [-0.25, -0.2) is 4.39 Å². The second kappa shape index (κ2) is 4.31. The Bertz CT molecular complexity index is 225. The fourth-order valence-electron chi connectivity index (χ4n) is 1.25. The van der Waals surface area contributed by atoms with Crippen molar-refractivity contribution < 1.29 is 19.1 Å². The minimum absolute atomic E-state index is 0.365. The van der Waals surface area contributed by atoms with Gasteiger partial charge in [-0.1, -0.05) is 0 Å². The molecule has 1 aliphatic heterocycles. The lowest BCUT2D eigenvalue weighted by Gasteiger charge is -2.14. The lowest BCUT2D eigenvalue weighted by atomic mass is 9.94. The quantitative estimate of drug-likeness (QED) is 0.209. The molecule has 13 heavy (non-hydrogen) atoms. The van der Waals surface area contributed by atoms with Crippen LogP contribution in [-0.4, -0.2) is 43.9 Å². The molecule has 0 spiro atoms. The molecule has 0 aliphatic carbocycles. The van der Waals surface area contributed by atoms with Gasteiger partial charge in [0.15, 0.2) is 12.3 Å². The molecule has 0 bridgehead atoms. The molecular formula is C5H9BFN3O3. The lowest BCUT2D eigenvalue weighted by Crippen LogP contribution is -2.32. The molecule has 1 heterocycles. The predicted molar refractivity (Wildman–Crippen MR) is 43.2 cm³/mol. The van der Waals surface area contributed by atoms with Crippen molar-refractivity contribution in [2.24, 2.45) is 5.28 Å². The van der Waals surface area contributed by atoms with E-state index in [1.807, 2.05) is 0 Å². The van der Waals surface area contributed by atoms with Gasteiger partial charge < -0.3 is 14.7 Å². The summed E-state index contributed by atoms with van der Waals surface area (Å²) in [5.74, 6) is 0. The van der Waals surface area contributed by atoms with Crippen molar-refractivity contribution in [3.8, 4) is 0 Å². The largest absolute Gasteiger partial charge is 0.424 e. The fraction of sp³-hybridized carbons (Fsp3) is 1.00. The highest BCUT2D eigenvalue weighted by Crippen LogP contribution is 2.24. The summed E-state index contributed by atoms with van der Waals surface area (Å²) in [6.07, 6.45) is -3.17. The van der Waals surface area contributed by atoms with Gasteiger partial charge in [0.1, 0.15) is 19.2 Å². The first-order chi connectivity index (χ1) is 6.20. The van der Waals surface area contributed by atoms with Crippen molar-refractivity contribution in [1.82, 2.24) is 0 Å². The maximum Gasteiger partial charge on any atom is 0.169 e. The van der Waals surface area contributed by atoms with Gasteiger partial charge in [0.05, 0.1) is 12.6 Å². The summed E-state index contributed by atoms with van der Waals surface area (Å²) in [4.78, 5) is 6.81. The smallest absolute Gasteiger partial charge is 0.169 e. The van der Waals surface area contributed by atoms with Gasteiger partial charge in [0.2, 0.25) is 0 Å². The molecule has 2 unspecified atom stereocenters. The summed E-state index contributed by atoms with van der Waals surface area (Å²) in [6, 6.07) is -0.656. The number of aliphatic hydroxyl groups excluding tert-OH is 1. The normalized spacial score (nSPS) is 38.3. The average Bonchev–Trinajstić information content (AvgIpc) is 2.40. The van der Waals surface area contributed by atoms with Gasteiger partial charge in [-0.15, -0.1) is 0 Å². The summed E-state index contributed by atoms with van der Waals surface area (Å²) in [5.41, 5.74) is 7.95. The monoisotopic (exact) mass is 189 g/mol. The highest BCUT2D eigenvalue weighted by atomic mass is 19.1. The van der Waals surface area contributed by atoms with Crippen molar-refractivity contribution in [2.45, 2.75) is 24.4 Å². The molecule has 1 aliphatic rings. The van der Waals surface area contributed by atoms with Crippen LogP contribution in [0.25, 0.3) is 10.4 Å². The van der Waals surface area contributed by atoms with Crippen LogP contribution in [0.15, 0.2) is 5.28 Å². The lowest BCUT2D eigenvalue weighted by molar-refractivity contribution is -0.0448. The Labute approximate surface area is 74.6 Å². The summed E-state index contributed by atoms with van der Waals surface area (Å²) >= 11 is 0. The summed E-state index contributed by atoms with van der Waals surface area (Å²) in [5, 5.41) is 11.6. The second-order valence-corrected chi connectivity index (χ2v) is 2.75. The van der Waals surface area contributed by atoms with E-state index in [9.17, 15) is 4.39 Å². The van der Waals surface area contributed by atoms with Gasteiger partial charge in [0, 0.05) is 4.91 Å². The van der Waals surface area contributed by atoms with Gasteiger partial charge in [0.25, 0.3) is 0 Å². The predicted octanol–water partition coefficient (Wildman–Crippen LogP) is -0.715.